The van der Waals surface area contributed by atoms with E-state index in [1.165, 1.54) is 5.56 Å². The van der Waals surface area contributed by atoms with Gasteiger partial charge in [-0.25, -0.2) is 0 Å². The minimum atomic E-state index is 0.356. The summed E-state index contributed by atoms with van der Waals surface area (Å²) in [6, 6.07) is 8.00. The number of hydrogen-bond donors (Lipinski definition) is 1. The van der Waals surface area contributed by atoms with E-state index in [0.717, 1.165) is 25.3 Å². The van der Waals surface area contributed by atoms with Crippen LogP contribution in [0.1, 0.15) is 18.9 Å². The van der Waals surface area contributed by atoms with Gasteiger partial charge in [0.05, 0.1) is 0 Å². The van der Waals surface area contributed by atoms with Crippen LogP contribution < -0.4 is 10.1 Å². The Morgan fingerprint density at radius 2 is 2.06 bits per heavy atom. The molecule has 1 aromatic rings. The van der Waals surface area contributed by atoms with E-state index in [9.17, 15) is 0 Å². The fraction of sp³-hybridized carbons (Fsp3) is 0.385. The zero-order chi connectivity index (χ0) is 11.8. The third-order valence-corrected chi connectivity index (χ3v) is 2.18. The van der Waals surface area contributed by atoms with Gasteiger partial charge in [0.1, 0.15) is 12.4 Å². The van der Waals surface area contributed by atoms with Gasteiger partial charge in [0.15, 0.2) is 0 Å². The molecule has 1 aromatic carbocycles. The average Bonchev–Trinajstić information content (AvgIpc) is 2.28. The first-order chi connectivity index (χ1) is 7.72. The molecular weight excluding hydrogens is 222 g/mol. The summed E-state index contributed by atoms with van der Waals surface area (Å²) in [5.74, 6) is 0.820. The van der Waals surface area contributed by atoms with Gasteiger partial charge in [-0.15, -0.1) is 0 Å². The van der Waals surface area contributed by atoms with Gasteiger partial charge in [0.25, 0.3) is 0 Å². The molecule has 16 heavy (non-hydrogen) atoms. The van der Waals surface area contributed by atoms with Crippen LogP contribution in [0.3, 0.4) is 0 Å². The SMILES string of the molecule is C=C(Cl)COc1ccc(CNCCC)cc1. The summed E-state index contributed by atoms with van der Waals surface area (Å²) in [5.41, 5.74) is 1.26. The third kappa shape index (κ3) is 5.19. The molecule has 0 atom stereocenters. The lowest BCUT2D eigenvalue weighted by atomic mass is 10.2. The number of nitrogens with one attached hydrogen (secondary N) is 1. The van der Waals surface area contributed by atoms with Crippen molar-refractivity contribution in [2.75, 3.05) is 13.2 Å². The Morgan fingerprint density at radius 1 is 1.38 bits per heavy atom. The Kier molecular flexibility index (Phi) is 5.98. The Bertz CT molecular complexity index is 321. The van der Waals surface area contributed by atoms with E-state index in [0.29, 0.717) is 11.6 Å². The van der Waals surface area contributed by atoms with Gasteiger partial charge in [0, 0.05) is 11.6 Å². The highest BCUT2D eigenvalue weighted by atomic mass is 35.5. The van der Waals surface area contributed by atoms with Crippen LogP contribution in [-0.2, 0) is 6.54 Å². The molecular formula is C13H18ClNO. The molecule has 0 saturated heterocycles. The summed E-state index contributed by atoms with van der Waals surface area (Å²) in [5, 5.41) is 3.85. The van der Waals surface area contributed by atoms with Crippen LogP contribution >= 0.6 is 11.6 Å². The van der Waals surface area contributed by atoms with Crippen LogP contribution in [0.15, 0.2) is 35.9 Å². The van der Waals surface area contributed by atoms with Gasteiger partial charge >= 0.3 is 0 Å². The van der Waals surface area contributed by atoms with E-state index in [-0.39, 0.29) is 0 Å². The van der Waals surface area contributed by atoms with Crippen molar-refractivity contribution < 1.29 is 4.74 Å². The van der Waals surface area contributed by atoms with E-state index in [1.54, 1.807) is 0 Å². The standard InChI is InChI=1S/C13H18ClNO/c1-3-8-15-9-12-4-6-13(7-5-12)16-10-11(2)14/h4-7,15H,2-3,8-10H2,1H3. The Labute approximate surface area is 102 Å². The maximum absolute atomic E-state index is 5.61. The lowest BCUT2D eigenvalue weighted by molar-refractivity contribution is 0.359. The Balaban J connectivity index is 2.38. The van der Waals surface area contributed by atoms with Gasteiger partial charge in [-0.1, -0.05) is 37.2 Å². The van der Waals surface area contributed by atoms with E-state index >= 15 is 0 Å². The van der Waals surface area contributed by atoms with Gasteiger partial charge < -0.3 is 10.1 Å². The molecule has 0 unspecified atom stereocenters. The third-order valence-electron chi connectivity index (χ3n) is 2.07. The van der Waals surface area contributed by atoms with E-state index in [2.05, 4.69) is 31.0 Å². The minimum Gasteiger partial charge on any atom is -0.488 e. The molecule has 3 heteroatoms. The van der Waals surface area contributed by atoms with Crippen molar-refractivity contribution in [1.82, 2.24) is 5.32 Å². The van der Waals surface area contributed by atoms with Crippen molar-refractivity contribution in [2.45, 2.75) is 19.9 Å². The van der Waals surface area contributed by atoms with E-state index < -0.39 is 0 Å². The first kappa shape index (κ1) is 13.1. The highest BCUT2D eigenvalue weighted by molar-refractivity contribution is 6.29. The largest absolute Gasteiger partial charge is 0.488 e. The van der Waals surface area contributed by atoms with Crippen molar-refractivity contribution in [2.24, 2.45) is 0 Å². The number of rotatable bonds is 7. The van der Waals surface area contributed by atoms with Crippen LogP contribution in [0.5, 0.6) is 5.75 Å². The van der Waals surface area contributed by atoms with Crippen LogP contribution in [0.2, 0.25) is 0 Å². The molecule has 0 aliphatic heterocycles. The van der Waals surface area contributed by atoms with Crippen LogP contribution in [0, 0.1) is 0 Å². The summed E-state index contributed by atoms with van der Waals surface area (Å²) < 4.78 is 5.40. The average molecular weight is 240 g/mol. The van der Waals surface area contributed by atoms with E-state index in [4.69, 9.17) is 16.3 Å². The Morgan fingerprint density at radius 3 is 2.62 bits per heavy atom. The molecule has 0 radical (unpaired) electrons. The van der Waals surface area contributed by atoms with Crippen LogP contribution in [0.25, 0.3) is 0 Å². The monoisotopic (exact) mass is 239 g/mol. The molecule has 0 heterocycles. The smallest absolute Gasteiger partial charge is 0.123 e. The normalized spacial score (nSPS) is 10.1. The molecule has 0 aromatic heterocycles. The van der Waals surface area contributed by atoms with E-state index in [1.807, 2.05) is 12.1 Å². The zero-order valence-corrected chi connectivity index (χ0v) is 10.4. The molecule has 2 nitrogen and oxygen atoms in total. The minimum absolute atomic E-state index is 0.356. The molecule has 1 N–H and O–H groups in total. The number of ether oxygens (including phenoxy) is 1. The second-order valence-corrected chi connectivity index (χ2v) is 4.16. The van der Waals surface area contributed by atoms with Gasteiger partial charge in [0.2, 0.25) is 0 Å². The molecule has 0 spiro atoms. The predicted molar refractivity (Wildman–Crippen MR) is 68.9 cm³/mol. The van der Waals surface area contributed by atoms with Crippen LogP contribution in [-0.4, -0.2) is 13.2 Å². The molecule has 0 saturated carbocycles. The number of benzene rings is 1. The second kappa shape index (κ2) is 7.31. The molecule has 0 aliphatic rings. The van der Waals surface area contributed by atoms with Crippen molar-refractivity contribution in [1.29, 1.82) is 0 Å². The van der Waals surface area contributed by atoms with Crippen molar-refractivity contribution >= 4 is 11.6 Å². The van der Waals surface area contributed by atoms with Crippen LogP contribution in [0.4, 0.5) is 0 Å². The second-order valence-electron chi connectivity index (χ2n) is 3.63. The van der Waals surface area contributed by atoms with Crippen molar-refractivity contribution in [3.05, 3.63) is 41.4 Å². The molecule has 0 aliphatic carbocycles. The topological polar surface area (TPSA) is 21.3 Å². The maximum atomic E-state index is 5.61. The predicted octanol–water partition coefficient (Wildman–Crippen LogP) is 3.32. The number of hydrogen-bond acceptors (Lipinski definition) is 2. The van der Waals surface area contributed by atoms with Gasteiger partial charge in [-0.05, 0) is 30.7 Å². The lowest BCUT2D eigenvalue weighted by Crippen LogP contribution is -2.13. The molecule has 0 amide bonds. The lowest BCUT2D eigenvalue weighted by Gasteiger charge is -2.06. The van der Waals surface area contributed by atoms with Crippen molar-refractivity contribution in [3.8, 4) is 5.75 Å². The highest BCUT2D eigenvalue weighted by Gasteiger charge is 1.96. The molecule has 88 valence electrons. The summed E-state index contributed by atoms with van der Waals surface area (Å²) in [6.45, 7) is 8.03. The molecule has 0 bridgehead atoms. The zero-order valence-electron chi connectivity index (χ0n) is 9.63. The van der Waals surface area contributed by atoms with Crippen molar-refractivity contribution in [3.63, 3.8) is 0 Å². The quantitative estimate of drug-likeness (QED) is 0.737. The maximum Gasteiger partial charge on any atom is 0.123 e. The fourth-order valence-electron chi connectivity index (χ4n) is 1.27. The summed E-state index contributed by atoms with van der Waals surface area (Å²) in [6.07, 6.45) is 1.15. The van der Waals surface area contributed by atoms with Gasteiger partial charge in [-0.3, -0.25) is 0 Å². The molecule has 0 fully saturated rings. The molecule has 1 rings (SSSR count). The summed E-state index contributed by atoms with van der Waals surface area (Å²) >= 11 is 5.61. The Hall–Kier alpha value is -0.990. The van der Waals surface area contributed by atoms with Gasteiger partial charge in [-0.2, -0.15) is 0 Å². The highest BCUT2D eigenvalue weighted by Crippen LogP contribution is 2.13. The summed E-state index contributed by atoms with van der Waals surface area (Å²) in [7, 11) is 0. The number of halogens is 1. The first-order valence-electron chi connectivity index (χ1n) is 5.48. The first-order valence-corrected chi connectivity index (χ1v) is 5.86. The summed E-state index contributed by atoms with van der Waals surface area (Å²) in [4.78, 5) is 0. The fourth-order valence-corrected chi connectivity index (χ4v) is 1.33.